The Morgan fingerprint density at radius 1 is 1.64 bits per heavy atom. The van der Waals surface area contributed by atoms with Crippen molar-refractivity contribution < 1.29 is 4.79 Å². The fourth-order valence-electron chi connectivity index (χ4n) is 1.47. The van der Waals surface area contributed by atoms with E-state index in [2.05, 4.69) is 20.9 Å². The van der Waals surface area contributed by atoms with E-state index in [1.807, 2.05) is 0 Å². The maximum absolute atomic E-state index is 11.5. The smallest absolute Gasteiger partial charge is 0.228 e. The molecule has 1 fully saturated rings. The third-order valence-corrected chi connectivity index (χ3v) is 2.92. The second-order valence-electron chi connectivity index (χ2n) is 3.14. The number of anilines is 1. The fourth-order valence-corrected chi connectivity index (χ4v) is 2.21. The fraction of sp³-hybridized carbons (Fsp3) is 0.333. The second kappa shape index (κ2) is 3.87. The summed E-state index contributed by atoms with van der Waals surface area (Å²) in [6.45, 7) is 0.694. The van der Waals surface area contributed by atoms with Crippen LogP contribution in [0.2, 0.25) is 5.15 Å². The molecule has 1 amide bonds. The van der Waals surface area contributed by atoms with Gasteiger partial charge < -0.3 is 4.90 Å². The van der Waals surface area contributed by atoms with Gasteiger partial charge in [-0.1, -0.05) is 27.5 Å². The number of hydrogen-bond donors (Lipinski definition) is 0. The maximum atomic E-state index is 11.5. The Kier molecular flexibility index (Phi) is 2.74. The van der Waals surface area contributed by atoms with E-state index in [-0.39, 0.29) is 10.7 Å². The standard InChI is InChI=1S/C9H8BrClN2O/c10-6-3-9(14)13(5-6)7-1-2-12-8(11)4-7/h1-2,4,6H,3,5H2. The zero-order valence-electron chi connectivity index (χ0n) is 7.28. The SMILES string of the molecule is O=C1CC(Br)CN1c1ccnc(Cl)c1. The number of alkyl halides is 1. The summed E-state index contributed by atoms with van der Waals surface area (Å²) in [5.74, 6) is 0.120. The van der Waals surface area contributed by atoms with Crippen molar-refractivity contribution in [3.8, 4) is 0 Å². The highest BCUT2D eigenvalue weighted by molar-refractivity contribution is 9.09. The van der Waals surface area contributed by atoms with Crippen LogP contribution in [-0.4, -0.2) is 22.3 Å². The minimum atomic E-state index is 0.120. The van der Waals surface area contributed by atoms with Crippen molar-refractivity contribution >= 4 is 39.1 Å². The first kappa shape index (κ1) is 9.93. The van der Waals surface area contributed by atoms with E-state index >= 15 is 0 Å². The Morgan fingerprint density at radius 3 is 3.00 bits per heavy atom. The molecule has 0 aromatic carbocycles. The van der Waals surface area contributed by atoms with Crippen molar-refractivity contribution in [2.45, 2.75) is 11.2 Å². The second-order valence-corrected chi connectivity index (χ2v) is 4.82. The zero-order valence-corrected chi connectivity index (χ0v) is 9.62. The summed E-state index contributed by atoms with van der Waals surface area (Å²) in [5, 5.41) is 0.410. The highest BCUT2D eigenvalue weighted by Crippen LogP contribution is 2.25. The summed E-state index contributed by atoms with van der Waals surface area (Å²) >= 11 is 9.17. The van der Waals surface area contributed by atoms with Crippen LogP contribution in [0.5, 0.6) is 0 Å². The molecule has 0 bridgehead atoms. The predicted molar refractivity (Wildman–Crippen MR) is 58.9 cm³/mol. The van der Waals surface area contributed by atoms with Gasteiger partial charge in [-0.05, 0) is 12.1 Å². The molecule has 3 nitrogen and oxygen atoms in total. The van der Waals surface area contributed by atoms with Gasteiger partial charge in [0.1, 0.15) is 5.15 Å². The van der Waals surface area contributed by atoms with Gasteiger partial charge in [0.15, 0.2) is 0 Å². The molecule has 0 spiro atoms. The number of carbonyl (C=O) groups is 1. The molecule has 1 aromatic heterocycles. The van der Waals surface area contributed by atoms with Crippen molar-refractivity contribution in [2.75, 3.05) is 11.4 Å². The van der Waals surface area contributed by atoms with Gasteiger partial charge in [0.2, 0.25) is 5.91 Å². The van der Waals surface area contributed by atoms with Crippen molar-refractivity contribution in [3.05, 3.63) is 23.5 Å². The normalized spacial score (nSPS) is 21.7. The van der Waals surface area contributed by atoms with Gasteiger partial charge >= 0.3 is 0 Å². The number of nitrogens with zero attached hydrogens (tertiary/aromatic N) is 2. The summed E-state index contributed by atoms with van der Waals surface area (Å²) in [5.41, 5.74) is 0.817. The molecule has 1 saturated heterocycles. The molecule has 0 saturated carbocycles. The molecule has 74 valence electrons. The Hall–Kier alpha value is -0.610. The number of carbonyl (C=O) groups excluding carboxylic acids is 1. The van der Waals surface area contributed by atoms with Crippen LogP contribution in [0, 0.1) is 0 Å². The Balaban J connectivity index is 2.27. The lowest BCUT2D eigenvalue weighted by Crippen LogP contribution is -2.24. The topological polar surface area (TPSA) is 33.2 Å². The quantitative estimate of drug-likeness (QED) is 0.582. The molecule has 1 atom stereocenters. The average molecular weight is 276 g/mol. The maximum Gasteiger partial charge on any atom is 0.228 e. The lowest BCUT2D eigenvalue weighted by Gasteiger charge is -2.15. The summed E-state index contributed by atoms with van der Waals surface area (Å²) in [6, 6.07) is 3.49. The molecule has 0 radical (unpaired) electrons. The first-order chi connectivity index (χ1) is 6.66. The van der Waals surface area contributed by atoms with Crippen molar-refractivity contribution in [1.82, 2.24) is 4.98 Å². The zero-order chi connectivity index (χ0) is 10.1. The number of hydrogen-bond acceptors (Lipinski definition) is 2. The van der Waals surface area contributed by atoms with Gasteiger partial charge in [-0.3, -0.25) is 4.79 Å². The molecule has 2 heterocycles. The van der Waals surface area contributed by atoms with Crippen LogP contribution in [0.15, 0.2) is 18.3 Å². The van der Waals surface area contributed by atoms with Gasteiger partial charge in [-0.2, -0.15) is 0 Å². The van der Waals surface area contributed by atoms with Gasteiger partial charge in [-0.15, -0.1) is 0 Å². The summed E-state index contributed by atoms with van der Waals surface area (Å²) in [6.07, 6.45) is 2.15. The molecule has 2 rings (SSSR count). The van der Waals surface area contributed by atoms with E-state index in [4.69, 9.17) is 11.6 Å². The molecule has 1 unspecified atom stereocenters. The van der Waals surface area contributed by atoms with Crippen LogP contribution in [0.1, 0.15) is 6.42 Å². The van der Waals surface area contributed by atoms with Crippen molar-refractivity contribution in [3.63, 3.8) is 0 Å². The molecular formula is C9H8BrClN2O. The molecule has 1 aliphatic rings. The Bertz CT molecular complexity index is 372. The van der Waals surface area contributed by atoms with E-state index in [0.29, 0.717) is 18.1 Å². The van der Waals surface area contributed by atoms with E-state index in [1.165, 1.54) is 0 Å². The minimum absolute atomic E-state index is 0.120. The Morgan fingerprint density at radius 2 is 2.43 bits per heavy atom. The first-order valence-corrected chi connectivity index (χ1v) is 5.52. The highest BCUT2D eigenvalue weighted by atomic mass is 79.9. The van der Waals surface area contributed by atoms with Crippen LogP contribution in [0.25, 0.3) is 0 Å². The van der Waals surface area contributed by atoms with Gasteiger partial charge in [-0.25, -0.2) is 4.98 Å². The number of aromatic nitrogens is 1. The summed E-state index contributed by atoms with van der Waals surface area (Å²) in [7, 11) is 0. The van der Waals surface area contributed by atoms with Crippen LogP contribution in [-0.2, 0) is 4.79 Å². The molecule has 0 aliphatic carbocycles. The van der Waals surface area contributed by atoms with E-state index in [1.54, 1.807) is 23.2 Å². The molecule has 0 N–H and O–H groups in total. The largest absolute Gasteiger partial charge is 0.311 e. The van der Waals surface area contributed by atoms with Crippen LogP contribution >= 0.6 is 27.5 Å². The van der Waals surface area contributed by atoms with E-state index in [0.717, 1.165) is 5.69 Å². The van der Waals surface area contributed by atoms with Gasteiger partial charge in [0.25, 0.3) is 0 Å². The number of halogens is 2. The summed E-state index contributed by atoms with van der Waals surface area (Å²) < 4.78 is 0. The van der Waals surface area contributed by atoms with E-state index < -0.39 is 0 Å². The Labute approximate surface area is 95.2 Å². The van der Waals surface area contributed by atoms with Gasteiger partial charge in [0, 0.05) is 29.7 Å². The third-order valence-electron chi connectivity index (χ3n) is 2.10. The predicted octanol–water partition coefficient (Wildman–Crippen LogP) is 2.24. The number of amides is 1. The monoisotopic (exact) mass is 274 g/mol. The van der Waals surface area contributed by atoms with Crippen molar-refractivity contribution in [1.29, 1.82) is 0 Å². The molecule has 1 aromatic rings. The molecular weight excluding hydrogens is 267 g/mol. The molecule has 14 heavy (non-hydrogen) atoms. The van der Waals surface area contributed by atoms with Crippen molar-refractivity contribution in [2.24, 2.45) is 0 Å². The summed E-state index contributed by atoms with van der Waals surface area (Å²) in [4.78, 5) is 17.4. The molecule has 5 heteroatoms. The number of rotatable bonds is 1. The lowest BCUT2D eigenvalue weighted by molar-refractivity contribution is -0.117. The van der Waals surface area contributed by atoms with Crippen LogP contribution in [0.4, 0.5) is 5.69 Å². The number of pyridine rings is 1. The van der Waals surface area contributed by atoms with E-state index in [9.17, 15) is 4.79 Å². The minimum Gasteiger partial charge on any atom is -0.311 e. The third kappa shape index (κ3) is 1.91. The van der Waals surface area contributed by atoms with Crippen LogP contribution in [0.3, 0.4) is 0 Å². The first-order valence-electron chi connectivity index (χ1n) is 4.23. The molecule has 1 aliphatic heterocycles. The highest BCUT2D eigenvalue weighted by Gasteiger charge is 2.28. The van der Waals surface area contributed by atoms with Gasteiger partial charge in [0.05, 0.1) is 0 Å². The lowest BCUT2D eigenvalue weighted by atomic mass is 10.3. The van der Waals surface area contributed by atoms with Crippen LogP contribution < -0.4 is 4.90 Å². The average Bonchev–Trinajstić information content (AvgIpc) is 2.45.